The van der Waals surface area contributed by atoms with E-state index < -0.39 is 18.1 Å². The van der Waals surface area contributed by atoms with E-state index in [1.54, 1.807) is 50.6 Å². The third-order valence-corrected chi connectivity index (χ3v) is 19.7. The largest absolute Gasteiger partial charge is 0.504 e. The van der Waals surface area contributed by atoms with E-state index in [4.69, 9.17) is 43.6 Å². The van der Waals surface area contributed by atoms with Crippen molar-refractivity contribution >= 4 is 11.8 Å². The lowest BCUT2D eigenvalue weighted by atomic mass is 9.71. The third-order valence-electron chi connectivity index (χ3n) is 19.7. The van der Waals surface area contributed by atoms with Crippen LogP contribution in [0.3, 0.4) is 0 Å². The maximum absolute atomic E-state index is 13.8. The molecule has 2 amide bonds. The number of nitriles is 2. The molecule has 0 aliphatic carbocycles. The number of benzene rings is 5. The Morgan fingerprint density at radius 3 is 1.45 bits per heavy atom. The van der Waals surface area contributed by atoms with E-state index in [0.29, 0.717) is 90.2 Å². The molecule has 4 bridgehead atoms. The van der Waals surface area contributed by atoms with Gasteiger partial charge >= 0.3 is 0 Å². The number of amides is 2. The number of hydrogen-bond acceptors (Lipinski definition) is 19. The molecule has 0 aromatic heterocycles. The highest BCUT2D eigenvalue weighted by Gasteiger charge is 2.59. The summed E-state index contributed by atoms with van der Waals surface area (Å²) in [5, 5.41) is 44.7. The van der Waals surface area contributed by atoms with Gasteiger partial charge in [0.05, 0.1) is 61.7 Å². The van der Waals surface area contributed by atoms with Gasteiger partial charge in [0.15, 0.2) is 46.0 Å². The zero-order valence-electron chi connectivity index (χ0n) is 49.6. The number of carbonyl (C=O) groups is 2. The van der Waals surface area contributed by atoms with Gasteiger partial charge in [0, 0.05) is 81.8 Å². The van der Waals surface area contributed by atoms with Crippen molar-refractivity contribution in [3.05, 3.63) is 140 Å². The molecule has 2 fully saturated rings. The van der Waals surface area contributed by atoms with Crippen LogP contribution in [0.4, 0.5) is 0 Å². The lowest BCUT2D eigenvalue weighted by Gasteiger charge is -2.60. The number of nitrogens with two attached hydrogens (primary N) is 1. The van der Waals surface area contributed by atoms with E-state index in [1.165, 1.54) is 4.90 Å². The molecule has 5 aromatic rings. The Morgan fingerprint density at radius 2 is 1.05 bits per heavy atom. The first kappa shape index (κ1) is 56.6. The van der Waals surface area contributed by atoms with Crippen molar-refractivity contribution in [1.82, 2.24) is 24.5 Å². The Hall–Kier alpha value is -8.50. The molecule has 446 valence electrons. The molecule has 14 rings (SSSR count). The summed E-state index contributed by atoms with van der Waals surface area (Å²) in [4.78, 5) is 37.8. The van der Waals surface area contributed by atoms with Gasteiger partial charge in [0.25, 0.3) is 11.8 Å². The highest BCUT2D eigenvalue weighted by atomic mass is 16.7. The van der Waals surface area contributed by atoms with E-state index in [9.17, 15) is 30.3 Å². The number of carbonyl (C=O) groups excluding carboxylic acids is 2. The normalized spacial score (nSPS) is 26.0. The van der Waals surface area contributed by atoms with Crippen LogP contribution >= 0.6 is 0 Å². The van der Waals surface area contributed by atoms with Gasteiger partial charge in [0.1, 0.15) is 36.8 Å². The second-order valence-corrected chi connectivity index (χ2v) is 23.7. The predicted octanol–water partition coefficient (Wildman–Crippen LogP) is 7.42. The number of phenols is 2. The van der Waals surface area contributed by atoms with E-state index in [2.05, 4.69) is 64.1 Å². The lowest BCUT2D eigenvalue weighted by Crippen LogP contribution is -2.68. The Bertz CT molecular complexity index is 3780. The van der Waals surface area contributed by atoms with Gasteiger partial charge in [-0.05, 0) is 102 Å². The summed E-state index contributed by atoms with van der Waals surface area (Å²) in [7, 11) is 7.18. The number of likely N-dealkylation sites (N-methyl/N-ethyl adjacent to an activating group) is 2. The molecule has 9 aliphatic heterocycles. The number of imide groups is 1. The van der Waals surface area contributed by atoms with Gasteiger partial charge in [-0.3, -0.25) is 34.1 Å². The number of hydrogen-bond donors (Lipinski definition) is 3. The van der Waals surface area contributed by atoms with Crippen LogP contribution in [0.1, 0.15) is 112 Å². The standard InChI is InChI=1S/C37H36N4O7.C29H34N4O5/c1-6-11-46-33-19(3)34-35(48-17-47-34)29-23(33)14-25-30-28-20(12-18(2)32(45-5)31(28)42)13-24(39(30)4)26(15-38)41(25)27(29)16-40-36(43)21-9-7-8-10-22(21)37(40)44;1-6-7-36-27-15(3)28-29(38-13-37-28)23-17(27)10-19-24-22-16(8-14(2)26(35-5)25(22)34)9-18(32(24)4)20(11-30)33(19)21(23)12-31/h6-10,12,24-27,30,42H,1,11,13-14,16-17H2,2-5H3;6,8,18-21,24,34H,1,7,9-10,12-13,31H2,2-5H3/t24-,25?,26-,27-,30-;18-,19?,20-,21-,24-/m00/s1. The van der Waals surface area contributed by atoms with Crippen molar-refractivity contribution in [2.24, 2.45) is 5.73 Å². The average molecular weight is 1170 g/mol. The van der Waals surface area contributed by atoms with Crippen LogP contribution in [-0.2, 0) is 25.7 Å². The number of aromatic hydroxyl groups is 2. The Labute approximate surface area is 499 Å². The second kappa shape index (κ2) is 21.5. The first-order valence-corrected chi connectivity index (χ1v) is 29.2. The summed E-state index contributed by atoms with van der Waals surface area (Å²) in [5.74, 6) is 4.24. The molecule has 86 heavy (non-hydrogen) atoms. The maximum atomic E-state index is 13.8. The van der Waals surface area contributed by atoms with Gasteiger partial charge in [-0.2, -0.15) is 10.5 Å². The summed E-state index contributed by atoms with van der Waals surface area (Å²) < 4.78 is 47.9. The zero-order valence-corrected chi connectivity index (χ0v) is 49.6. The highest BCUT2D eigenvalue weighted by Crippen LogP contribution is 2.61. The van der Waals surface area contributed by atoms with Crippen molar-refractivity contribution in [2.75, 3.05) is 68.2 Å². The molecule has 10 atom stereocenters. The molecule has 5 aromatic carbocycles. The third kappa shape index (κ3) is 8.03. The summed E-state index contributed by atoms with van der Waals surface area (Å²) in [6, 6.07) is 12.9. The molecule has 20 heteroatoms. The number of nitrogens with zero attached hydrogens (tertiary/aromatic N) is 7. The second-order valence-electron chi connectivity index (χ2n) is 23.7. The van der Waals surface area contributed by atoms with E-state index in [0.717, 1.165) is 72.5 Å². The molecular formula is C66H70N8O12. The van der Waals surface area contributed by atoms with Crippen LogP contribution < -0.4 is 43.6 Å². The highest BCUT2D eigenvalue weighted by molar-refractivity contribution is 6.21. The van der Waals surface area contributed by atoms with Crippen molar-refractivity contribution in [2.45, 2.75) is 114 Å². The molecule has 0 radical (unpaired) electrons. The molecule has 0 spiro atoms. The summed E-state index contributed by atoms with van der Waals surface area (Å²) in [6.07, 6.45) is 5.59. The summed E-state index contributed by atoms with van der Waals surface area (Å²) in [6.45, 7) is 16.4. The molecular weight excluding hydrogens is 1100 g/mol. The number of rotatable bonds is 11. The van der Waals surface area contributed by atoms with Crippen LogP contribution in [0.2, 0.25) is 0 Å². The van der Waals surface area contributed by atoms with Crippen molar-refractivity contribution in [3.63, 3.8) is 0 Å². The van der Waals surface area contributed by atoms with Crippen LogP contribution in [-0.4, -0.2) is 151 Å². The SMILES string of the molecule is C=CCOc1c(C)c2c(c3c1CC1[C@H]4c5c(cc(C)c(OC)c5O)C[C@@H]([C@H](C#N)N1[C@H]3CN)N4C)OCO2.C=CCOc1c(C)c2c(c3c1CC1[C@H]4c5c(cc(C)c(OC)c5O)C[C@@H]([C@H](C#N)N1[C@H]3CN1C(=O)c3ccccc3C1=O)N4C)OCO2. The molecule has 0 saturated carbocycles. The van der Waals surface area contributed by atoms with Gasteiger partial charge in [0.2, 0.25) is 13.6 Å². The van der Waals surface area contributed by atoms with Gasteiger partial charge in [-0.25, -0.2) is 0 Å². The topological polar surface area (TPSA) is 238 Å². The van der Waals surface area contributed by atoms with Crippen LogP contribution in [0.15, 0.2) is 61.7 Å². The molecule has 4 N–H and O–H groups in total. The maximum Gasteiger partial charge on any atom is 0.261 e. The van der Waals surface area contributed by atoms with Crippen LogP contribution in [0, 0.1) is 50.4 Å². The number of fused-ring (bicyclic) bond motifs is 19. The number of methoxy groups -OCH3 is 2. The van der Waals surface area contributed by atoms with Gasteiger partial charge in [-0.1, -0.05) is 49.6 Å². The molecule has 9 heterocycles. The quantitative estimate of drug-likeness (QED) is 0.0861. The van der Waals surface area contributed by atoms with E-state index >= 15 is 0 Å². The molecule has 9 aliphatic rings. The Kier molecular flexibility index (Phi) is 14.1. The van der Waals surface area contributed by atoms with Crippen LogP contribution in [0.5, 0.6) is 57.5 Å². The minimum Gasteiger partial charge on any atom is -0.504 e. The fourth-order valence-corrected chi connectivity index (χ4v) is 16.3. The Balaban J connectivity index is 0.000000164. The summed E-state index contributed by atoms with van der Waals surface area (Å²) in [5.41, 5.74) is 17.8. The minimum absolute atomic E-state index is 0.00670. The average Bonchev–Trinajstić information content (AvgIpc) is 0.881. The van der Waals surface area contributed by atoms with Crippen molar-refractivity contribution in [1.29, 1.82) is 10.5 Å². The fraction of sp³-hybridized carbons (Fsp3) is 0.424. The minimum atomic E-state index is -0.650. The zero-order chi connectivity index (χ0) is 60.5. The molecule has 2 unspecified atom stereocenters. The predicted molar refractivity (Wildman–Crippen MR) is 315 cm³/mol. The van der Waals surface area contributed by atoms with Crippen molar-refractivity contribution in [3.8, 4) is 69.6 Å². The van der Waals surface area contributed by atoms with E-state index in [1.807, 2.05) is 34.7 Å². The molecule has 2 saturated heterocycles. The fourth-order valence-electron chi connectivity index (χ4n) is 16.3. The van der Waals surface area contributed by atoms with E-state index in [-0.39, 0.29) is 92.3 Å². The number of aryl methyl sites for hydroxylation is 2. The number of phenolic OH excluding ortho intramolecular Hbond substituents is 2. The Morgan fingerprint density at radius 1 is 0.628 bits per heavy atom. The first-order valence-electron chi connectivity index (χ1n) is 29.2. The van der Waals surface area contributed by atoms with Crippen LogP contribution in [0.25, 0.3) is 0 Å². The van der Waals surface area contributed by atoms with Crippen molar-refractivity contribution < 1.29 is 57.7 Å². The van der Waals surface area contributed by atoms with Gasteiger partial charge < -0.3 is 53.8 Å². The lowest BCUT2D eigenvalue weighted by molar-refractivity contribution is -0.0758. The number of ether oxygens (including phenoxy) is 8. The van der Waals surface area contributed by atoms with Gasteiger partial charge in [-0.15, -0.1) is 0 Å². The molecule has 20 nitrogen and oxygen atoms in total. The smallest absolute Gasteiger partial charge is 0.261 e. The first-order chi connectivity index (χ1) is 41.6. The summed E-state index contributed by atoms with van der Waals surface area (Å²) >= 11 is 0. The number of piperazine rings is 2. The monoisotopic (exact) mass is 1170 g/mol.